The van der Waals surface area contributed by atoms with Gasteiger partial charge >= 0.3 is 5.97 Å². The van der Waals surface area contributed by atoms with Gasteiger partial charge in [-0.15, -0.1) is 0 Å². The molecule has 2 rings (SSSR count). The number of carbonyl (C=O) groups is 1. The van der Waals surface area contributed by atoms with Crippen LogP contribution in [0.2, 0.25) is 0 Å². The molecule has 9 heteroatoms. The van der Waals surface area contributed by atoms with Crippen LogP contribution in [0.25, 0.3) is 0 Å². The maximum atomic E-state index is 11.0. The van der Waals surface area contributed by atoms with Gasteiger partial charge in [-0.3, -0.25) is 0 Å². The number of aromatic carboxylic acids is 1. The maximum Gasteiger partial charge on any atom is 0.338 e. The zero-order valence-corrected chi connectivity index (χ0v) is 9.27. The minimum Gasteiger partial charge on any atom is -0.504 e. The molecule has 0 aliphatic heterocycles. The molecule has 98 valence electrons. The predicted octanol–water partition coefficient (Wildman–Crippen LogP) is 0.430. The molecular formula is C10H8N4O5. The van der Waals surface area contributed by atoms with Crippen molar-refractivity contribution in [2.75, 3.05) is 5.32 Å². The second-order valence-electron chi connectivity index (χ2n) is 3.41. The molecule has 0 aliphatic carbocycles. The predicted molar refractivity (Wildman–Crippen MR) is 61.5 cm³/mol. The van der Waals surface area contributed by atoms with Crippen molar-refractivity contribution in [2.24, 2.45) is 0 Å². The Morgan fingerprint density at radius 2 is 1.74 bits per heavy atom. The quantitative estimate of drug-likeness (QED) is 0.393. The van der Waals surface area contributed by atoms with E-state index in [-0.39, 0.29) is 11.6 Å². The number of aromatic hydroxyl groups is 3. The van der Waals surface area contributed by atoms with E-state index in [0.29, 0.717) is 0 Å². The van der Waals surface area contributed by atoms with Crippen LogP contribution in [0.4, 0.5) is 11.6 Å². The number of hydrogen-bond donors (Lipinski definition) is 5. The van der Waals surface area contributed by atoms with Crippen LogP contribution >= 0.6 is 0 Å². The number of phenolic OH excluding ortho intramolecular Hbond substituents is 3. The number of nitrogens with one attached hydrogen (secondary N) is 1. The van der Waals surface area contributed by atoms with Crippen LogP contribution in [-0.4, -0.2) is 41.3 Å². The van der Waals surface area contributed by atoms with Gasteiger partial charge in [-0.2, -0.15) is 0 Å². The first-order valence-corrected chi connectivity index (χ1v) is 4.91. The molecule has 0 amide bonds. The van der Waals surface area contributed by atoms with Crippen LogP contribution in [0.15, 0.2) is 18.7 Å². The monoisotopic (exact) mass is 264 g/mol. The average molecular weight is 264 g/mol. The fourth-order valence-electron chi connectivity index (χ4n) is 1.36. The summed E-state index contributed by atoms with van der Waals surface area (Å²) in [4.78, 5) is 22.0. The highest BCUT2D eigenvalue weighted by Gasteiger charge is 2.21. The molecule has 5 N–H and O–H groups in total. The second kappa shape index (κ2) is 4.64. The fourth-order valence-corrected chi connectivity index (χ4v) is 1.36. The molecule has 0 radical (unpaired) electrons. The molecule has 1 heterocycles. The number of phenols is 3. The first-order chi connectivity index (χ1) is 9.00. The Kier molecular flexibility index (Phi) is 3.02. The van der Waals surface area contributed by atoms with E-state index in [0.717, 1.165) is 18.7 Å². The second-order valence-corrected chi connectivity index (χ2v) is 3.41. The van der Waals surface area contributed by atoms with E-state index in [2.05, 4.69) is 20.3 Å². The zero-order chi connectivity index (χ0) is 14.0. The van der Waals surface area contributed by atoms with Crippen LogP contribution in [0.1, 0.15) is 10.4 Å². The summed E-state index contributed by atoms with van der Waals surface area (Å²) < 4.78 is 0. The van der Waals surface area contributed by atoms with Crippen molar-refractivity contribution < 1.29 is 25.2 Å². The van der Waals surface area contributed by atoms with Crippen molar-refractivity contribution in [1.29, 1.82) is 0 Å². The van der Waals surface area contributed by atoms with Gasteiger partial charge in [0, 0.05) is 6.07 Å². The van der Waals surface area contributed by atoms with Gasteiger partial charge in [-0.1, -0.05) is 0 Å². The average Bonchev–Trinajstić information content (AvgIpc) is 2.40. The summed E-state index contributed by atoms with van der Waals surface area (Å²) in [5.74, 6) is -3.87. The van der Waals surface area contributed by atoms with E-state index in [1.165, 1.54) is 0 Å². The van der Waals surface area contributed by atoms with Crippen molar-refractivity contribution in [1.82, 2.24) is 15.0 Å². The van der Waals surface area contributed by atoms with Crippen LogP contribution in [0.5, 0.6) is 17.2 Å². The third-order valence-electron chi connectivity index (χ3n) is 2.21. The molecule has 0 fully saturated rings. The molecule has 1 aromatic carbocycles. The molecule has 0 unspecified atom stereocenters. The van der Waals surface area contributed by atoms with Gasteiger partial charge in [0.2, 0.25) is 11.7 Å². The number of anilines is 2. The SMILES string of the molecule is O=C(O)c1cc(O)c(O)c(O)c1Nc1ncncn1. The molecule has 1 aromatic heterocycles. The molecule has 19 heavy (non-hydrogen) atoms. The van der Waals surface area contributed by atoms with E-state index in [1.54, 1.807) is 0 Å². The van der Waals surface area contributed by atoms with Gasteiger partial charge in [0.15, 0.2) is 11.5 Å². The van der Waals surface area contributed by atoms with Gasteiger partial charge in [0.05, 0.1) is 5.56 Å². The Balaban J connectivity index is 2.55. The molecule has 9 nitrogen and oxygen atoms in total. The van der Waals surface area contributed by atoms with Crippen LogP contribution in [-0.2, 0) is 0 Å². The molecule has 0 aliphatic rings. The summed E-state index contributed by atoms with van der Waals surface area (Å²) in [6.45, 7) is 0. The molecule has 0 saturated heterocycles. The summed E-state index contributed by atoms with van der Waals surface area (Å²) >= 11 is 0. The van der Waals surface area contributed by atoms with E-state index >= 15 is 0 Å². The van der Waals surface area contributed by atoms with Gasteiger partial charge in [0.1, 0.15) is 18.3 Å². The molecule has 0 spiro atoms. The van der Waals surface area contributed by atoms with E-state index in [9.17, 15) is 20.1 Å². The first kappa shape index (κ1) is 12.4. The third-order valence-corrected chi connectivity index (χ3v) is 2.21. The van der Waals surface area contributed by atoms with Gasteiger partial charge in [-0.25, -0.2) is 19.7 Å². The molecule has 0 bridgehead atoms. The lowest BCUT2D eigenvalue weighted by atomic mass is 10.1. The highest BCUT2D eigenvalue weighted by Crippen LogP contribution is 2.43. The van der Waals surface area contributed by atoms with Crippen molar-refractivity contribution in [3.05, 3.63) is 24.3 Å². The Bertz CT molecular complexity index is 632. The Morgan fingerprint density at radius 3 is 2.32 bits per heavy atom. The van der Waals surface area contributed by atoms with Crippen molar-refractivity contribution >= 4 is 17.6 Å². The molecule has 0 saturated carbocycles. The normalized spacial score (nSPS) is 10.1. The molecule has 0 atom stereocenters. The Hall–Kier alpha value is -3.10. The lowest BCUT2D eigenvalue weighted by molar-refractivity contribution is 0.0697. The minimum atomic E-state index is -1.41. The number of rotatable bonds is 3. The summed E-state index contributed by atoms with van der Waals surface area (Å²) in [7, 11) is 0. The topological polar surface area (TPSA) is 149 Å². The largest absolute Gasteiger partial charge is 0.504 e. The highest BCUT2D eigenvalue weighted by atomic mass is 16.4. The van der Waals surface area contributed by atoms with E-state index < -0.39 is 28.8 Å². The van der Waals surface area contributed by atoms with Gasteiger partial charge in [0.25, 0.3) is 0 Å². The number of aromatic nitrogens is 3. The molecule has 2 aromatic rings. The minimum absolute atomic E-state index is 0.0297. The van der Waals surface area contributed by atoms with Crippen molar-refractivity contribution in [3.63, 3.8) is 0 Å². The third kappa shape index (κ3) is 2.29. The number of carboxylic acid groups (broad SMARTS) is 1. The number of carboxylic acids is 1. The van der Waals surface area contributed by atoms with Gasteiger partial charge < -0.3 is 25.7 Å². The van der Waals surface area contributed by atoms with Crippen LogP contribution in [0, 0.1) is 0 Å². The number of benzene rings is 1. The lowest BCUT2D eigenvalue weighted by Gasteiger charge is -2.12. The Morgan fingerprint density at radius 1 is 1.11 bits per heavy atom. The fraction of sp³-hybridized carbons (Fsp3) is 0. The summed E-state index contributed by atoms with van der Waals surface area (Å²) in [5, 5.41) is 39.7. The Labute approximate surface area is 105 Å². The number of hydrogen-bond acceptors (Lipinski definition) is 8. The summed E-state index contributed by atoms with van der Waals surface area (Å²) in [6, 6.07) is 0.793. The van der Waals surface area contributed by atoms with E-state index in [1.807, 2.05) is 0 Å². The van der Waals surface area contributed by atoms with Crippen molar-refractivity contribution in [2.45, 2.75) is 0 Å². The van der Waals surface area contributed by atoms with Crippen LogP contribution < -0.4 is 5.32 Å². The van der Waals surface area contributed by atoms with Crippen LogP contribution in [0.3, 0.4) is 0 Å². The molecular weight excluding hydrogens is 256 g/mol. The highest BCUT2D eigenvalue weighted by molar-refractivity contribution is 5.98. The van der Waals surface area contributed by atoms with Crippen molar-refractivity contribution in [3.8, 4) is 17.2 Å². The number of nitrogens with zero attached hydrogens (tertiary/aromatic N) is 3. The zero-order valence-electron chi connectivity index (χ0n) is 9.27. The van der Waals surface area contributed by atoms with E-state index in [4.69, 9.17) is 5.11 Å². The lowest BCUT2D eigenvalue weighted by Crippen LogP contribution is -2.05. The standard InChI is InChI=1S/C10H8N4O5/c15-5-1-4(9(18)19)6(8(17)7(5)16)14-10-12-2-11-3-13-10/h1-3,15-17H,(H,18,19)(H,11,12,13,14). The summed E-state index contributed by atoms with van der Waals surface area (Å²) in [5.41, 5.74) is -0.790. The maximum absolute atomic E-state index is 11.0. The smallest absolute Gasteiger partial charge is 0.338 e. The van der Waals surface area contributed by atoms with Gasteiger partial charge in [-0.05, 0) is 0 Å². The summed E-state index contributed by atoms with van der Waals surface area (Å²) in [6.07, 6.45) is 2.32. The first-order valence-electron chi connectivity index (χ1n) is 4.91.